The van der Waals surface area contributed by atoms with Crippen molar-refractivity contribution < 1.29 is 8.42 Å². The fourth-order valence-electron chi connectivity index (χ4n) is 4.08. The molecule has 1 aromatic carbocycles. The van der Waals surface area contributed by atoms with E-state index in [0.717, 1.165) is 25.8 Å². The van der Waals surface area contributed by atoms with Gasteiger partial charge in [-0.2, -0.15) is 4.31 Å². The topological polar surface area (TPSA) is 42.3 Å². The van der Waals surface area contributed by atoms with E-state index in [1.807, 2.05) is 0 Å². The van der Waals surface area contributed by atoms with Gasteiger partial charge >= 0.3 is 0 Å². The third kappa shape index (κ3) is 1.87. The van der Waals surface area contributed by atoms with Gasteiger partial charge in [0.05, 0.1) is 12.3 Å². The van der Waals surface area contributed by atoms with Gasteiger partial charge in [-0.05, 0) is 43.9 Å². The number of benzene rings is 1. The standard InChI is InChI=1S/C16H20N2O2S/c1-11-6-7-14-13(10-11)12-4-3-5-15-16(12)17(14)8-9-18(15)21(2,19)20/h6-7,10,15H,3-5,8-9H2,1-2H3/t15-/m0/s1. The molecule has 5 heteroatoms. The zero-order chi connectivity index (χ0) is 14.8. The zero-order valence-electron chi connectivity index (χ0n) is 12.5. The van der Waals surface area contributed by atoms with E-state index >= 15 is 0 Å². The summed E-state index contributed by atoms with van der Waals surface area (Å²) in [6.07, 6.45) is 4.41. The number of aryl methyl sites for hydroxylation is 2. The van der Waals surface area contributed by atoms with Crippen LogP contribution in [0.15, 0.2) is 18.2 Å². The average molecular weight is 304 g/mol. The van der Waals surface area contributed by atoms with Crippen LogP contribution in [0.25, 0.3) is 10.9 Å². The summed E-state index contributed by atoms with van der Waals surface area (Å²) >= 11 is 0. The van der Waals surface area contributed by atoms with Crippen molar-refractivity contribution in [3.8, 4) is 0 Å². The van der Waals surface area contributed by atoms with E-state index in [-0.39, 0.29) is 6.04 Å². The molecule has 0 fully saturated rings. The molecule has 21 heavy (non-hydrogen) atoms. The molecule has 1 aliphatic carbocycles. The molecule has 0 unspecified atom stereocenters. The highest BCUT2D eigenvalue weighted by molar-refractivity contribution is 7.88. The minimum absolute atomic E-state index is 0.0326. The van der Waals surface area contributed by atoms with Crippen molar-refractivity contribution >= 4 is 20.9 Å². The summed E-state index contributed by atoms with van der Waals surface area (Å²) in [5.74, 6) is 0. The number of nitrogens with zero attached hydrogens (tertiary/aromatic N) is 2. The lowest BCUT2D eigenvalue weighted by atomic mass is 9.90. The maximum absolute atomic E-state index is 12.1. The number of rotatable bonds is 1. The van der Waals surface area contributed by atoms with E-state index in [1.165, 1.54) is 34.0 Å². The maximum Gasteiger partial charge on any atom is 0.211 e. The van der Waals surface area contributed by atoms with Crippen LogP contribution in [0, 0.1) is 6.92 Å². The van der Waals surface area contributed by atoms with Crippen LogP contribution in [0.4, 0.5) is 0 Å². The van der Waals surface area contributed by atoms with Gasteiger partial charge in [0.25, 0.3) is 0 Å². The number of fused-ring (bicyclic) bond motifs is 3. The van der Waals surface area contributed by atoms with E-state index in [0.29, 0.717) is 6.54 Å². The lowest BCUT2D eigenvalue weighted by Crippen LogP contribution is -2.42. The Morgan fingerprint density at radius 1 is 1.24 bits per heavy atom. The lowest BCUT2D eigenvalue weighted by molar-refractivity contribution is 0.244. The number of aromatic nitrogens is 1. The smallest absolute Gasteiger partial charge is 0.211 e. The molecular weight excluding hydrogens is 284 g/mol. The molecule has 112 valence electrons. The molecule has 0 spiro atoms. The molecule has 4 nitrogen and oxygen atoms in total. The van der Waals surface area contributed by atoms with Crippen LogP contribution in [0.2, 0.25) is 0 Å². The van der Waals surface area contributed by atoms with Crippen LogP contribution in [0.1, 0.15) is 35.7 Å². The predicted molar refractivity (Wildman–Crippen MR) is 83.9 cm³/mol. The third-order valence-corrected chi connectivity index (χ3v) is 6.19. The van der Waals surface area contributed by atoms with Crippen molar-refractivity contribution in [3.63, 3.8) is 0 Å². The molecule has 2 heterocycles. The number of hydrogen-bond acceptors (Lipinski definition) is 2. The summed E-state index contributed by atoms with van der Waals surface area (Å²) in [6.45, 7) is 3.47. The summed E-state index contributed by atoms with van der Waals surface area (Å²) in [6, 6.07) is 6.62. The highest BCUT2D eigenvalue weighted by atomic mass is 32.2. The van der Waals surface area contributed by atoms with Gasteiger partial charge in [0, 0.05) is 29.7 Å². The molecule has 1 aromatic heterocycles. The van der Waals surface area contributed by atoms with Crippen molar-refractivity contribution in [1.82, 2.24) is 8.87 Å². The van der Waals surface area contributed by atoms with Crippen LogP contribution in [0.3, 0.4) is 0 Å². The first kappa shape index (κ1) is 13.3. The Labute approximate surface area is 125 Å². The van der Waals surface area contributed by atoms with E-state index in [9.17, 15) is 8.42 Å². The van der Waals surface area contributed by atoms with Gasteiger partial charge in [-0.1, -0.05) is 11.6 Å². The quantitative estimate of drug-likeness (QED) is 0.812. The Hall–Kier alpha value is -1.33. The SMILES string of the molecule is Cc1ccc2c(c1)c1c3n2CCN(S(C)(=O)=O)[C@H]3CCC1. The number of hydrogen-bond donors (Lipinski definition) is 0. The van der Waals surface area contributed by atoms with Crippen LogP contribution < -0.4 is 0 Å². The van der Waals surface area contributed by atoms with Crippen molar-refractivity contribution in [2.24, 2.45) is 0 Å². The molecule has 0 bridgehead atoms. The molecule has 1 aliphatic heterocycles. The first-order valence-electron chi connectivity index (χ1n) is 7.55. The molecule has 0 saturated carbocycles. The Balaban J connectivity index is 2.00. The van der Waals surface area contributed by atoms with E-state index in [2.05, 4.69) is 29.7 Å². The van der Waals surface area contributed by atoms with Gasteiger partial charge in [0.1, 0.15) is 0 Å². The second kappa shape index (κ2) is 4.34. The van der Waals surface area contributed by atoms with Crippen LogP contribution in [-0.4, -0.2) is 30.1 Å². The van der Waals surface area contributed by atoms with Gasteiger partial charge in [-0.3, -0.25) is 0 Å². The Kier molecular flexibility index (Phi) is 2.75. The van der Waals surface area contributed by atoms with Crippen molar-refractivity contribution in [1.29, 1.82) is 0 Å². The summed E-state index contributed by atoms with van der Waals surface area (Å²) in [7, 11) is -3.14. The molecule has 2 aromatic rings. The average Bonchev–Trinajstić information content (AvgIpc) is 2.74. The highest BCUT2D eigenvalue weighted by Gasteiger charge is 2.38. The van der Waals surface area contributed by atoms with Crippen molar-refractivity contribution in [2.45, 2.75) is 38.8 Å². The second-order valence-electron chi connectivity index (χ2n) is 6.32. The third-order valence-electron chi connectivity index (χ3n) is 4.91. The molecule has 0 N–H and O–H groups in total. The first-order chi connectivity index (χ1) is 9.97. The molecule has 0 saturated heterocycles. The van der Waals surface area contributed by atoms with Gasteiger partial charge in [-0.15, -0.1) is 0 Å². The second-order valence-corrected chi connectivity index (χ2v) is 8.25. The van der Waals surface area contributed by atoms with E-state index in [4.69, 9.17) is 0 Å². The summed E-state index contributed by atoms with van der Waals surface area (Å²) in [5.41, 5.74) is 5.16. The number of sulfonamides is 1. The monoisotopic (exact) mass is 304 g/mol. The van der Waals surface area contributed by atoms with E-state index in [1.54, 1.807) is 4.31 Å². The zero-order valence-corrected chi connectivity index (χ0v) is 13.3. The minimum atomic E-state index is -3.14. The van der Waals surface area contributed by atoms with Crippen LogP contribution >= 0.6 is 0 Å². The van der Waals surface area contributed by atoms with Gasteiger partial charge in [0.2, 0.25) is 10.0 Å². The van der Waals surface area contributed by atoms with Crippen molar-refractivity contribution in [3.05, 3.63) is 35.0 Å². The van der Waals surface area contributed by atoms with Crippen molar-refractivity contribution in [2.75, 3.05) is 12.8 Å². The summed E-state index contributed by atoms with van der Waals surface area (Å²) in [5, 5.41) is 1.32. The molecule has 2 aliphatic rings. The largest absolute Gasteiger partial charge is 0.341 e. The van der Waals surface area contributed by atoms with Crippen LogP contribution in [-0.2, 0) is 23.0 Å². The normalized spacial score (nSPS) is 22.5. The van der Waals surface area contributed by atoms with Gasteiger partial charge < -0.3 is 4.57 Å². The maximum atomic E-state index is 12.1. The molecule has 0 amide bonds. The fraction of sp³-hybridized carbons (Fsp3) is 0.500. The minimum Gasteiger partial charge on any atom is -0.341 e. The molecule has 0 radical (unpaired) electrons. The van der Waals surface area contributed by atoms with E-state index < -0.39 is 10.0 Å². The van der Waals surface area contributed by atoms with Gasteiger partial charge in [-0.25, -0.2) is 8.42 Å². The molecule has 1 atom stereocenters. The fourth-order valence-corrected chi connectivity index (χ4v) is 5.16. The highest BCUT2D eigenvalue weighted by Crippen LogP contribution is 2.43. The lowest BCUT2D eigenvalue weighted by Gasteiger charge is -2.38. The summed E-state index contributed by atoms with van der Waals surface area (Å²) < 4.78 is 28.2. The Morgan fingerprint density at radius 2 is 2.05 bits per heavy atom. The van der Waals surface area contributed by atoms with Crippen LogP contribution in [0.5, 0.6) is 0 Å². The molecular formula is C16H20N2O2S. The Bertz CT molecular complexity index is 836. The first-order valence-corrected chi connectivity index (χ1v) is 9.40. The predicted octanol–water partition coefficient (Wildman–Crippen LogP) is 2.60. The Morgan fingerprint density at radius 3 is 2.81 bits per heavy atom. The summed E-state index contributed by atoms with van der Waals surface area (Å²) in [4.78, 5) is 0. The molecule has 4 rings (SSSR count). The van der Waals surface area contributed by atoms with Gasteiger partial charge in [0.15, 0.2) is 0 Å².